The van der Waals surface area contributed by atoms with Gasteiger partial charge >= 0.3 is 0 Å². The number of nitrogens with zero attached hydrogens (tertiary/aromatic N) is 2. The molecule has 0 aliphatic heterocycles. The summed E-state index contributed by atoms with van der Waals surface area (Å²) in [6.07, 6.45) is 0.180. The third kappa shape index (κ3) is 3.45. The highest BCUT2D eigenvalue weighted by Gasteiger charge is 2.12. The summed E-state index contributed by atoms with van der Waals surface area (Å²) in [6.45, 7) is 3.66. The summed E-state index contributed by atoms with van der Waals surface area (Å²) < 4.78 is 4.92. The van der Waals surface area contributed by atoms with Crippen LogP contribution in [0.25, 0.3) is 0 Å². The zero-order valence-corrected chi connectivity index (χ0v) is 11.4. The number of aryl methyl sites for hydroxylation is 1. The van der Waals surface area contributed by atoms with Crippen molar-refractivity contribution in [2.24, 2.45) is 0 Å². The first kappa shape index (κ1) is 13.8. The molecule has 0 aliphatic rings. The molecule has 0 fully saturated rings. The van der Waals surface area contributed by atoms with Gasteiger partial charge in [0.25, 0.3) is 0 Å². The molecular formula is C15H15N3O2. The first-order valence-electron chi connectivity index (χ1n) is 6.30. The van der Waals surface area contributed by atoms with Gasteiger partial charge in [0.2, 0.25) is 5.91 Å². The van der Waals surface area contributed by atoms with E-state index < -0.39 is 0 Å². The van der Waals surface area contributed by atoms with Gasteiger partial charge in [0, 0.05) is 6.07 Å². The first-order valence-corrected chi connectivity index (χ1v) is 6.30. The number of nitrogens with one attached hydrogen (secondary N) is 1. The molecule has 0 unspecified atom stereocenters. The van der Waals surface area contributed by atoms with E-state index in [1.807, 2.05) is 13.0 Å². The Morgan fingerprint density at radius 3 is 2.95 bits per heavy atom. The summed E-state index contributed by atoms with van der Waals surface area (Å²) in [6, 6.07) is 10.8. The minimum absolute atomic E-state index is 0.131. The Morgan fingerprint density at radius 2 is 2.30 bits per heavy atom. The molecule has 0 bridgehead atoms. The summed E-state index contributed by atoms with van der Waals surface area (Å²) in [5, 5.41) is 15.5. The molecule has 1 N–H and O–H groups in total. The maximum atomic E-state index is 11.9. The molecule has 20 heavy (non-hydrogen) atoms. The van der Waals surface area contributed by atoms with Gasteiger partial charge in [-0.05, 0) is 31.5 Å². The van der Waals surface area contributed by atoms with Crippen molar-refractivity contribution in [1.29, 1.82) is 5.26 Å². The van der Waals surface area contributed by atoms with Crippen molar-refractivity contribution in [1.82, 2.24) is 10.5 Å². The monoisotopic (exact) mass is 269 g/mol. The molecule has 0 aliphatic carbocycles. The van der Waals surface area contributed by atoms with Gasteiger partial charge in [-0.15, -0.1) is 0 Å². The van der Waals surface area contributed by atoms with Crippen LogP contribution in [0.1, 0.15) is 35.5 Å². The smallest absolute Gasteiger partial charge is 0.226 e. The summed E-state index contributed by atoms with van der Waals surface area (Å²) in [5.41, 5.74) is 2.09. The number of amides is 1. The fourth-order valence-corrected chi connectivity index (χ4v) is 1.92. The van der Waals surface area contributed by atoms with E-state index in [1.54, 1.807) is 31.2 Å². The van der Waals surface area contributed by atoms with E-state index in [0.717, 1.165) is 5.56 Å². The Bertz CT molecular complexity index is 655. The fraction of sp³-hybridized carbons (Fsp3) is 0.267. The van der Waals surface area contributed by atoms with Crippen LogP contribution < -0.4 is 5.32 Å². The van der Waals surface area contributed by atoms with E-state index in [2.05, 4.69) is 16.5 Å². The Labute approximate surface area is 117 Å². The lowest BCUT2D eigenvalue weighted by Gasteiger charge is -2.14. The molecule has 102 valence electrons. The molecule has 0 saturated heterocycles. The highest BCUT2D eigenvalue weighted by Crippen LogP contribution is 2.14. The number of aromatic nitrogens is 1. The van der Waals surface area contributed by atoms with Gasteiger partial charge in [0.05, 0.1) is 29.8 Å². The van der Waals surface area contributed by atoms with Gasteiger partial charge in [-0.3, -0.25) is 4.79 Å². The van der Waals surface area contributed by atoms with Crippen LogP contribution in [-0.4, -0.2) is 11.1 Å². The van der Waals surface area contributed by atoms with Crippen molar-refractivity contribution in [3.05, 3.63) is 52.9 Å². The van der Waals surface area contributed by atoms with Crippen molar-refractivity contribution in [3.8, 4) is 6.07 Å². The van der Waals surface area contributed by atoms with Crippen molar-refractivity contribution in [2.45, 2.75) is 26.3 Å². The highest BCUT2D eigenvalue weighted by atomic mass is 16.5. The van der Waals surface area contributed by atoms with Gasteiger partial charge in [0.15, 0.2) is 0 Å². The third-order valence-corrected chi connectivity index (χ3v) is 2.91. The van der Waals surface area contributed by atoms with Crippen LogP contribution in [-0.2, 0) is 11.2 Å². The van der Waals surface area contributed by atoms with Crippen LogP contribution in [0.4, 0.5) is 0 Å². The van der Waals surface area contributed by atoms with Crippen LogP contribution in [0.3, 0.4) is 0 Å². The standard InChI is InChI=1S/C15H15N3O2/c1-10-6-14(18-20-10)8-15(19)17-11(2)13-5-3-4-12(7-13)9-16/h3-7,11H,8H2,1-2H3,(H,17,19)/t11-/m0/s1. The number of carbonyl (C=O) groups is 1. The van der Waals surface area contributed by atoms with Gasteiger partial charge < -0.3 is 9.84 Å². The van der Waals surface area contributed by atoms with Gasteiger partial charge in [-0.1, -0.05) is 17.3 Å². The first-order chi connectivity index (χ1) is 9.58. The van der Waals surface area contributed by atoms with Gasteiger partial charge in [-0.2, -0.15) is 5.26 Å². The van der Waals surface area contributed by atoms with Crippen LogP contribution in [0.15, 0.2) is 34.9 Å². The van der Waals surface area contributed by atoms with E-state index in [9.17, 15) is 4.79 Å². The van der Waals surface area contributed by atoms with Crippen molar-refractivity contribution in [2.75, 3.05) is 0 Å². The predicted molar refractivity (Wildman–Crippen MR) is 72.7 cm³/mol. The molecule has 1 heterocycles. The summed E-state index contributed by atoms with van der Waals surface area (Å²) in [5.74, 6) is 0.552. The Morgan fingerprint density at radius 1 is 1.50 bits per heavy atom. The number of hydrogen-bond acceptors (Lipinski definition) is 4. The number of nitriles is 1. The molecule has 2 aromatic rings. The SMILES string of the molecule is Cc1cc(CC(=O)N[C@@H](C)c2cccc(C#N)c2)no1. The summed E-state index contributed by atoms with van der Waals surface area (Å²) >= 11 is 0. The van der Waals surface area contributed by atoms with E-state index in [1.165, 1.54) is 0 Å². The molecule has 2 rings (SSSR count). The molecule has 1 amide bonds. The highest BCUT2D eigenvalue weighted by molar-refractivity contribution is 5.78. The number of benzene rings is 1. The molecule has 0 saturated carbocycles. The third-order valence-electron chi connectivity index (χ3n) is 2.91. The maximum absolute atomic E-state index is 11.9. The predicted octanol–water partition coefficient (Wildman–Crippen LogP) is 2.27. The lowest BCUT2D eigenvalue weighted by molar-refractivity contribution is -0.121. The summed E-state index contributed by atoms with van der Waals surface area (Å²) in [7, 11) is 0. The second-order valence-electron chi connectivity index (χ2n) is 4.63. The molecule has 1 aromatic carbocycles. The number of carbonyl (C=O) groups excluding carboxylic acids is 1. The Hall–Kier alpha value is -2.61. The van der Waals surface area contributed by atoms with Crippen molar-refractivity contribution >= 4 is 5.91 Å². The maximum Gasteiger partial charge on any atom is 0.226 e. The molecule has 5 heteroatoms. The minimum atomic E-state index is -0.163. The molecule has 1 atom stereocenters. The largest absolute Gasteiger partial charge is 0.361 e. The zero-order chi connectivity index (χ0) is 14.5. The lowest BCUT2D eigenvalue weighted by Crippen LogP contribution is -2.28. The van der Waals surface area contributed by atoms with E-state index >= 15 is 0 Å². The van der Waals surface area contributed by atoms with Crippen LogP contribution in [0.2, 0.25) is 0 Å². The lowest BCUT2D eigenvalue weighted by atomic mass is 10.1. The topological polar surface area (TPSA) is 78.9 Å². The second-order valence-corrected chi connectivity index (χ2v) is 4.63. The quantitative estimate of drug-likeness (QED) is 0.923. The van der Waals surface area contributed by atoms with E-state index in [-0.39, 0.29) is 18.4 Å². The van der Waals surface area contributed by atoms with Crippen molar-refractivity contribution in [3.63, 3.8) is 0 Å². The Kier molecular flexibility index (Phi) is 4.16. The number of hydrogen-bond donors (Lipinski definition) is 1. The van der Waals surface area contributed by atoms with Gasteiger partial charge in [-0.25, -0.2) is 0 Å². The van der Waals surface area contributed by atoms with Crippen LogP contribution in [0, 0.1) is 18.3 Å². The Balaban J connectivity index is 1.98. The van der Waals surface area contributed by atoms with Crippen LogP contribution >= 0.6 is 0 Å². The van der Waals surface area contributed by atoms with E-state index in [0.29, 0.717) is 17.0 Å². The zero-order valence-electron chi connectivity index (χ0n) is 11.4. The molecular weight excluding hydrogens is 254 g/mol. The average Bonchev–Trinajstić information content (AvgIpc) is 2.83. The van der Waals surface area contributed by atoms with E-state index in [4.69, 9.17) is 9.78 Å². The molecule has 0 radical (unpaired) electrons. The van der Waals surface area contributed by atoms with Crippen molar-refractivity contribution < 1.29 is 9.32 Å². The second kappa shape index (κ2) is 6.02. The normalized spacial score (nSPS) is 11.7. The summed E-state index contributed by atoms with van der Waals surface area (Å²) in [4.78, 5) is 11.9. The van der Waals surface area contributed by atoms with Gasteiger partial charge in [0.1, 0.15) is 5.76 Å². The average molecular weight is 269 g/mol. The fourth-order valence-electron chi connectivity index (χ4n) is 1.92. The molecule has 0 spiro atoms. The molecule has 5 nitrogen and oxygen atoms in total. The minimum Gasteiger partial charge on any atom is -0.361 e. The number of rotatable bonds is 4. The van der Waals surface area contributed by atoms with Crippen LogP contribution in [0.5, 0.6) is 0 Å². The molecule has 1 aromatic heterocycles.